The number of carboxylic acid groups (broad SMARTS) is 1. The van der Waals surface area contributed by atoms with E-state index >= 15 is 0 Å². The van der Waals surface area contributed by atoms with Crippen molar-refractivity contribution in [2.75, 3.05) is 5.33 Å². The van der Waals surface area contributed by atoms with Gasteiger partial charge in [-0.1, -0.05) is 28.1 Å². The molecule has 0 bridgehead atoms. The van der Waals surface area contributed by atoms with Crippen LogP contribution in [0.4, 0.5) is 4.39 Å². The van der Waals surface area contributed by atoms with E-state index in [0.29, 0.717) is 40.3 Å². The van der Waals surface area contributed by atoms with E-state index in [-0.39, 0.29) is 11.4 Å². The molecule has 0 saturated carbocycles. The summed E-state index contributed by atoms with van der Waals surface area (Å²) in [4.78, 5) is 20.6. The number of hydrogen-bond donors (Lipinski definition) is 2. The summed E-state index contributed by atoms with van der Waals surface area (Å²) in [5, 5.41) is 15.7. The first kappa shape index (κ1) is 18.7. The number of alkyl halides is 1. The molecule has 2 heterocycles. The van der Waals surface area contributed by atoms with Gasteiger partial charge in [0, 0.05) is 22.6 Å². The number of aryl methyl sites for hydroxylation is 1. The third kappa shape index (κ3) is 3.86. The largest absolute Gasteiger partial charge is 0.478 e. The zero-order chi connectivity index (χ0) is 18.7. The second-order valence-electron chi connectivity index (χ2n) is 5.85. The Morgan fingerprint density at radius 1 is 1.46 bits per heavy atom. The summed E-state index contributed by atoms with van der Waals surface area (Å²) < 4.78 is 13.8. The highest BCUT2D eigenvalue weighted by Gasteiger charge is 2.30. The number of nitrogens with one attached hydrogen (secondary N) is 1. The molecule has 0 radical (unpaired) electrons. The molecule has 0 fully saturated rings. The van der Waals surface area contributed by atoms with Gasteiger partial charge in [-0.15, -0.1) is 11.3 Å². The fraction of sp³-hybridized carbons (Fsp3) is 0.278. The number of aliphatic imine (C=N–C) groups is 1. The molecule has 1 aromatic heterocycles. The highest BCUT2D eigenvalue weighted by Crippen LogP contribution is 2.25. The Bertz CT molecular complexity index is 881. The second-order valence-corrected chi connectivity index (χ2v) is 7.30. The van der Waals surface area contributed by atoms with Crippen LogP contribution in [-0.4, -0.2) is 33.3 Å². The number of halogens is 2. The van der Waals surface area contributed by atoms with E-state index in [0.717, 1.165) is 5.56 Å². The molecule has 2 aromatic rings. The smallest absolute Gasteiger partial charge is 0.335 e. The Kier molecular flexibility index (Phi) is 5.83. The molecule has 2 N–H and O–H groups in total. The lowest BCUT2D eigenvalue weighted by molar-refractivity contribution is -0.133. The van der Waals surface area contributed by atoms with Crippen LogP contribution in [0.5, 0.6) is 0 Å². The molecule has 1 aliphatic heterocycles. The molecule has 136 valence electrons. The molecular formula is C18H17BrFN3O2S. The molecule has 0 spiro atoms. The average Bonchev–Trinajstić information content (AvgIpc) is 3.16. The molecule has 0 aliphatic carbocycles. The third-order valence-electron chi connectivity index (χ3n) is 4.28. The summed E-state index contributed by atoms with van der Waals surface area (Å²) in [6.45, 7) is 1.73. The van der Waals surface area contributed by atoms with Gasteiger partial charge in [-0.05, 0) is 37.0 Å². The van der Waals surface area contributed by atoms with E-state index < -0.39 is 12.0 Å². The van der Waals surface area contributed by atoms with E-state index in [4.69, 9.17) is 0 Å². The van der Waals surface area contributed by atoms with Crippen LogP contribution in [0.3, 0.4) is 0 Å². The molecule has 3 rings (SSSR count). The Balaban J connectivity index is 1.91. The minimum Gasteiger partial charge on any atom is -0.478 e. The van der Waals surface area contributed by atoms with Gasteiger partial charge in [-0.25, -0.2) is 14.2 Å². The van der Waals surface area contributed by atoms with Crippen LogP contribution in [-0.2, 0) is 11.2 Å². The van der Waals surface area contributed by atoms with Gasteiger partial charge in [0.1, 0.15) is 5.82 Å². The summed E-state index contributed by atoms with van der Waals surface area (Å²) in [5.41, 5.74) is 2.25. The zero-order valence-electron chi connectivity index (χ0n) is 14.0. The number of benzene rings is 1. The lowest BCUT2D eigenvalue weighted by atomic mass is 9.95. The monoisotopic (exact) mass is 437 g/mol. The minimum absolute atomic E-state index is 0.233. The van der Waals surface area contributed by atoms with Gasteiger partial charge in [-0.3, -0.25) is 4.99 Å². The molecule has 0 amide bonds. The van der Waals surface area contributed by atoms with Gasteiger partial charge in [0.25, 0.3) is 0 Å². The number of allylic oxidation sites excluding steroid dienone is 1. The number of thiazole rings is 1. The molecule has 1 aromatic carbocycles. The van der Waals surface area contributed by atoms with E-state index in [9.17, 15) is 14.3 Å². The zero-order valence-corrected chi connectivity index (χ0v) is 16.4. The van der Waals surface area contributed by atoms with Crippen LogP contribution in [0.15, 0.2) is 46.0 Å². The average molecular weight is 438 g/mol. The molecule has 0 unspecified atom stereocenters. The van der Waals surface area contributed by atoms with E-state index in [1.807, 2.05) is 11.4 Å². The number of aromatic nitrogens is 1. The highest BCUT2D eigenvalue weighted by atomic mass is 79.9. The van der Waals surface area contributed by atoms with Gasteiger partial charge in [-0.2, -0.15) is 0 Å². The molecule has 1 atom stereocenters. The van der Waals surface area contributed by atoms with Gasteiger partial charge in [0.2, 0.25) is 0 Å². The molecule has 26 heavy (non-hydrogen) atoms. The maximum Gasteiger partial charge on any atom is 0.335 e. The predicted octanol–water partition coefficient (Wildman–Crippen LogP) is 3.68. The Labute approximate surface area is 162 Å². The number of hydrogen-bond acceptors (Lipinski definition) is 5. The summed E-state index contributed by atoms with van der Waals surface area (Å²) in [6.07, 6.45) is 2.69. The van der Waals surface area contributed by atoms with Crippen LogP contribution in [0.1, 0.15) is 22.6 Å². The van der Waals surface area contributed by atoms with Crippen molar-refractivity contribution < 1.29 is 14.3 Å². The summed E-state index contributed by atoms with van der Waals surface area (Å²) in [5.74, 6) is -0.690. The quantitative estimate of drug-likeness (QED) is 0.675. The van der Waals surface area contributed by atoms with Crippen molar-refractivity contribution in [3.05, 3.63) is 63.0 Å². The van der Waals surface area contributed by atoms with E-state index in [1.165, 1.54) is 17.4 Å². The van der Waals surface area contributed by atoms with Gasteiger partial charge in [0.15, 0.2) is 10.8 Å². The first-order valence-corrected chi connectivity index (χ1v) is 10.0. The lowest BCUT2D eigenvalue weighted by Crippen LogP contribution is -2.37. The Morgan fingerprint density at radius 3 is 2.92 bits per heavy atom. The summed E-state index contributed by atoms with van der Waals surface area (Å²) in [7, 11) is 0. The molecular weight excluding hydrogens is 421 g/mol. The minimum atomic E-state index is -1.00. The number of carboxylic acids is 1. The van der Waals surface area contributed by atoms with Gasteiger partial charge < -0.3 is 10.4 Å². The van der Waals surface area contributed by atoms with Crippen LogP contribution in [0, 0.1) is 12.7 Å². The normalized spacial score (nSPS) is 17.0. The van der Waals surface area contributed by atoms with E-state index in [1.54, 1.807) is 19.2 Å². The van der Waals surface area contributed by atoms with Crippen molar-refractivity contribution in [3.8, 4) is 0 Å². The standard InChI is InChI=1S/C18H17BrFN3O2S/c1-10-11(3-2-4-12(10)20)5-6-13-15(18(24)25)14(9-19)23-16(22-13)17-21-7-8-26-17/h2-4,7-8,13H,5-6,9H2,1H3,(H,22,23)(H,24,25)/t13-/m0/s1. The number of aliphatic carboxylic acids is 1. The SMILES string of the molecule is Cc1c(F)cccc1CC[C@@H]1N=C(c2nccs2)NC(CBr)=C1C(=O)O. The van der Waals surface area contributed by atoms with Crippen LogP contribution in [0.25, 0.3) is 0 Å². The molecule has 0 saturated heterocycles. The second kappa shape index (κ2) is 8.09. The van der Waals surface area contributed by atoms with Crippen LogP contribution < -0.4 is 5.32 Å². The third-order valence-corrected chi connectivity index (χ3v) is 5.62. The molecule has 5 nitrogen and oxygen atoms in total. The number of carbonyl (C=O) groups is 1. The van der Waals surface area contributed by atoms with Crippen molar-refractivity contribution in [2.24, 2.45) is 4.99 Å². The van der Waals surface area contributed by atoms with Crippen molar-refractivity contribution >= 4 is 39.1 Å². The number of amidine groups is 1. The molecule has 8 heteroatoms. The first-order chi connectivity index (χ1) is 12.5. The Hall–Kier alpha value is -2.06. The van der Waals surface area contributed by atoms with E-state index in [2.05, 4.69) is 31.2 Å². The van der Waals surface area contributed by atoms with Gasteiger partial charge in [0.05, 0.1) is 11.6 Å². The maximum absolute atomic E-state index is 13.8. The maximum atomic E-state index is 13.8. The van der Waals surface area contributed by atoms with Crippen molar-refractivity contribution in [3.63, 3.8) is 0 Å². The highest BCUT2D eigenvalue weighted by molar-refractivity contribution is 9.09. The fourth-order valence-electron chi connectivity index (χ4n) is 2.91. The summed E-state index contributed by atoms with van der Waals surface area (Å²) in [6, 6.07) is 4.43. The van der Waals surface area contributed by atoms with Crippen LogP contribution >= 0.6 is 27.3 Å². The van der Waals surface area contributed by atoms with Crippen molar-refractivity contribution in [1.82, 2.24) is 10.3 Å². The van der Waals surface area contributed by atoms with Crippen molar-refractivity contribution in [2.45, 2.75) is 25.8 Å². The number of nitrogens with zero attached hydrogens (tertiary/aromatic N) is 2. The van der Waals surface area contributed by atoms with Crippen LogP contribution in [0.2, 0.25) is 0 Å². The Morgan fingerprint density at radius 2 is 2.27 bits per heavy atom. The first-order valence-electron chi connectivity index (χ1n) is 8.02. The number of rotatable bonds is 6. The summed E-state index contributed by atoms with van der Waals surface area (Å²) >= 11 is 4.78. The van der Waals surface area contributed by atoms with Gasteiger partial charge >= 0.3 is 5.97 Å². The predicted molar refractivity (Wildman–Crippen MR) is 103 cm³/mol. The molecule has 1 aliphatic rings. The van der Waals surface area contributed by atoms with Crippen molar-refractivity contribution in [1.29, 1.82) is 0 Å². The topological polar surface area (TPSA) is 74.6 Å². The lowest BCUT2D eigenvalue weighted by Gasteiger charge is -2.25. The fourth-order valence-corrected chi connectivity index (χ4v) is 3.94.